The first-order chi connectivity index (χ1) is 9.17. The molecule has 3 nitrogen and oxygen atoms in total. The first-order valence-electron chi connectivity index (χ1n) is 7.48. The van der Waals surface area contributed by atoms with Crippen LogP contribution in [0.25, 0.3) is 0 Å². The van der Waals surface area contributed by atoms with Crippen LogP contribution in [-0.4, -0.2) is 24.2 Å². The average molecular weight is 264 g/mol. The molecule has 0 bridgehead atoms. The van der Waals surface area contributed by atoms with E-state index in [0.29, 0.717) is 12.0 Å². The Morgan fingerprint density at radius 3 is 2.68 bits per heavy atom. The second-order valence-electron chi connectivity index (χ2n) is 5.29. The molecule has 0 aromatic carbocycles. The largest absolute Gasteiger partial charge is 0.492 e. The van der Waals surface area contributed by atoms with Crippen molar-refractivity contribution in [1.29, 1.82) is 0 Å². The number of rotatable bonds is 9. The van der Waals surface area contributed by atoms with E-state index < -0.39 is 0 Å². The van der Waals surface area contributed by atoms with Gasteiger partial charge in [-0.3, -0.25) is 4.98 Å². The monoisotopic (exact) mass is 264 g/mol. The topological polar surface area (TPSA) is 34.2 Å². The number of nitrogens with one attached hydrogen (secondary N) is 1. The van der Waals surface area contributed by atoms with Gasteiger partial charge >= 0.3 is 0 Å². The Balaban J connectivity index is 2.53. The van der Waals surface area contributed by atoms with Gasteiger partial charge in [0, 0.05) is 12.2 Å². The predicted molar refractivity (Wildman–Crippen MR) is 80.8 cm³/mol. The Hall–Kier alpha value is -1.09. The van der Waals surface area contributed by atoms with Crippen molar-refractivity contribution < 1.29 is 4.74 Å². The first kappa shape index (κ1) is 16.0. The molecule has 0 aliphatic rings. The van der Waals surface area contributed by atoms with Gasteiger partial charge in [-0.1, -0.05) is 20.8 Å². The molecule has 1 rings (SSSR count). The number of aromatic nitrogens is 1. The third-order valence-electron chi connectivity index (χ3n) is 3.23. The molecule has 108 valence electrons. The molecule has 0 aliphatic carbocycles. The van der Waals surface area contributed by atoms with Crippen molar-refractivity contribution in [2.24, 2.45) is 0 Å². The summed E-state index contributed by atoms with van der Waals surface area (Å²) in [7, 11) is 0. The molecule has 1 heterocycles. The molecule has 0 saturated carbocycles. The van der Waals surface area contributed by atoms with Crippen molar-refractivity contribution in [1.82, 2.24) is 10.3 Å². The van der Waals surface area contributed by atoms with E-state index in [1.165, 1.54) is 12.0 Å². The lowest BCUT2D eigenvalue weighted by molar-refractivity contribution is 0.315. The number of nitrogens with zero attached hydrogens (tertiary/aromatic N) is 1. The molecule has 1 N–H and O–H groups in total. The molecule has 2 unspecified atom stereocenters. The zero-order valence-corrected chi connectivity index (χ0v) is 12.8. The zero-order chi connectivity index (χ0) is 14.1. The maximum absolute atomic E-state index is 5.64. The van der Waals surface area contributed by atoms with Crippen molar-refractivity contribution in [2.45, 2.75) is 58.9 Å². The fourth-order valence-electron chi connectivity index (χ4n) is 2.14. The summed E-state index contributed by atoms with van der Waals surface area (Å²) in [4.78, 5) is 4.28. The smallest absolute Gasteiger partial charge is 0.137 e. The summed E-state index contributed by atoms with van der Waals surface area (Å²) in [5.74, 6) is 1.39. The quantitative estimate of drug-likeness (QED) is 0.737. The standard InChI is InChI=1S/C16H28N2O/c1-5-7-18-14(4)9-13(3)15-10-16(12-17-11-15)19-8-6-2/h10-14,18H,5-9H2,1-4H3. The Labute approximate surface area is 117 Å². The van der Waals surface area contributed by atoms with E-state index in [1.807, 2.05) is 6.20 Å². The van der Waals surface area contributed by atoms with Crippen LogP contribution in [0.1, 0.15) is 58.4 Å². The van der Waals surface area contributed by atoms with Gasteiger partial charge in [0.05, 0.1) is 12.8 Å². The van der Waals surface area contributed by atoms with Crippen molar-refractivity contribution in [3.8, 4) is 5.75 Å². The maximum Gasteiger partial charge on any atom is 0.137 e. The van der Waals surface area contributed by atoms with Gasteiger partial charge in [-0.05, 0) is 50.3 Å². The molecule has 3 heteroatoms. The van der Waals surface area contributed by atoms with Gasteiger partial charge in [0.15, 0.2) is 0 Å². The van der Waals surface area contributed by atoms with Crippen molar-refractivity contribution in [3.05, 3.63) is 24.0 Å². The summed E-state index contributed by atoms with van der Waals surface area (Å²) >= 11 is 0. The van der Waals surface area contributed by atoms with Crippen LogP contribution in [0, 0.1) is 0 Å². The summed E-state index contributed by atoms with van der Waals surface area (Å²) in [5.41, 5.74) is 1.26. The van der Waals surface area contributed by atoms with Gasteiger partial charge in [0.1, 0.15) is 5.75 Å². The molecule has 0 aliphatic heterocycles. The van der Waals surface area contributed by atoms with Crippen LogP contribution in [-0.2, 0) is 0 Å². The van der Waals surface area contributed by atoms with E-state index in [4.69, 9.17) is 4.74 Å². The highest BCUT2D eigenvalue weighted by molar-refractivity contribution is 5.26. The van der Waals surface area contributed by atoms with Gasteiger partial charge in [-0.25, -0.2) is 0 Å². The van der Waals surface area contributed by atoms with Gasteiger partial charge in [0.2, 0.25) is 0 Å². The molecule has 0 fully saturated rings. The normalized spacial score (nSPS) is 14.1. The third kappa shape index (κ3) is 6.06. The molecular weight excluding hydrogens is 236 g/mol. The molecule has 19 heavy (non-hydrogen) atoms. The number of hydrogen-bond acceptors (Lipinski definition) is 3. The Kier molecular flexibility index (Phi) is 7.49. The van der Waals surface area contributed by atoms with E-state index >= 15 is 0 Å². The van der Waals surface area contributed by atoms with Crippen molar-refractivity contribution in [3.63, 3.8) is 0 Å². The second-order valence-corrected chi connectivity index (χ2v) is 5.29. The van der Waals surface area contributed by atoms with E-state index in [9.17, 15) is 0 Å². The molecule has 1 aromatic heterocycles. The summed E-state index contributed by atoms with van der Waals surface area (Å²) < 4.78 is 5.64. The van der Waals surface area contributed by atoms with Crippen LogP contribution < -0.4 is 10.1 Å². The van der Waals surface area contributed by atoms with Crippen molar-refractivity contribution in [2.75, 3.05) is 13.2 Å². The minimum absolute atomic E-state index is 0.497. The Bertz CT molecular complexity index is 354. The lowest BCUT2D eigenvalue weighted by Crippen LogP contribution is -2.28. The lowest BCUT2D eigenvalue weighted by Gasteiger charge is -2.19. The number of ether oxygens (including phenoxy) is 1. The molecule has 0 amide bonds. The minimum Gasteiger partial charge on any atom is -0.492 e. The average Bonchev–Trinajstić information content (AvgIpc) is 2.43. The van der Waals surface area contributed by atoms with Crippen LogP contribution in [0.2, 0.25) is 0 Å². The number of pyridine rings is 1. The molecule has 1 aromatic rings. The van der Waals surface area contributed by atoms with E-state index in [0.717, 1.165) is 31.7 Å². The Morgan fingerprint density at radius 2 is 2.00 bits per heavy atom. The molecule has 0 saturated heterocycles. The van der Waals surface area contributed by atoms with Crippen LogP contribution in [0.4, 0.5) is 0 Å². The highest BCUT2D eigenvalue weighted by Gasteiger charge is 2.11. The zero-order valence-electron chi connectivity index (χ0n) is 12.8. The fourth-order valence-corrected chi connectivity index (χ4v) is 2.14. The van der Waals surface area contributed by atoms with Gasteiger partial charge in [-0.2, -0.15) is 0 Å². The summed E-state index contributed by atoms with van der Waals surface area (Å²) in [6.45, 7) is 10.7. The van der Waals surface area contributed by atoms with E-state index in [1.54, 1.807) is 6.20 Å². The van der Waals surface area contributed by atoms with Crippen LogP contribution >= 0.6 is 0 Å². The minimum atomic E-state index is 0.497. The third-order valence-corrected chi connectivity index (χ3v) is 3.23. The maximum atomic E-state index is 5.64. The van der Waals surface area contributed by atoms with Crippen LogP contribution in [0.15, 0.2) is 18.5 Å². The van der Waals surface area contributed by atoms with Gasteiger partial charge in [-0.15, -0.1) is 0 Å². The Morgan fingerprint density at radius 1 is 1.21 bits per heavy atom. The summed E-state index contributed by atoms with van der Waals surface area (Å²) in [6.07, 6.45) is 7.08. The second kappa shape index (κ2) is 8.92. The van der Waals surface area contributed by atoms with Crippen LogP contribution in [0.5, 0.6) is 5.75 Å². The summed E-state index contributed by atoms with van der Waals surface area (Å²) in [5, 5.41) is 3.53. The number of hydrogen-bond donors (Lipinski definition) is 1. The van der Waals surface area contributed by atoms with Gasteiger partial charge in [0.25, 0.3) is 0 Å². The summed E-state index contributed by atoms with van der Waals surface area (Å²) in [6, 6.07) is 2.66. The molecule has 0 spiro atoms. The van der Waals surface area contributed by atoms with Crippen molar-refractivity contribution >= 4 is 0 Å². The molecular formula is C16H28N2O. The highest BCUT2D eigenvalue weighted by atomic mass is 16.5. The van der Waals surface area contributed by atoms with E-state index in [2.05, 4.69) is 44.1 Å². The molecule has 2 atom stereocenters. The van der Waals surface area contributed by atoms with Gasteiger partial charge < -0.3 is 10.1 Å². The SMILES string of the molecule is CCCNC(C)CC(C)c1cncc(OCCC)c1. The first-order valence-corrected chi connectivity index (χ1v) is 7.48. The molecule has 0 radical (unpaired) electrons. The van der Waals surface area contributed by atoms with E-state index in [-0.39, 0.29) is 0 Å². The van der Waals surface area contributed by atoms with Crippen LogP contribution in [0.3, 0.4) is 0 Å². The highest BCUT2D eigenvalue weighted by Crippen LogP contribution is 2.23. The fraction of sp³-hybridized carbons (Fsp3) is 0.688. The lowest BCUT2D eigenvalue weighted by atomic mass is 9.95. The predicted octanol–water partition coefficient (Wildman–Crippen LogP) is 3.75.